The maximum Gasteiger partial charge on any atom is 0.454 e. The Balaban J connectivity index is 4.57. The van der Waals surface area contributed by atoms with Crippen LogP contribution in [0.25, 0.3) is 0 Å². The van der Waals surface area contributed by atoms with E-state index < -0.39 is 30.6 Å². The summed E-state index contributed by atoms with van der Waals surface area (Å²) in [6.07, 6.45) is -4.77. The highest BCUT2D eigenvalue weighted by atomic mass is 19.4. The highest BCUT2D eigenvalue weighted by molar-refractivity contribution is 5.94. The van der Waals surface area contributed by atoms with Crippen LogP contribution in [0.5, 0.6) is 0 Å². The Morgan fingerprint density at radius 2 is 1.94 bits per heavy atom. The molecule has 5 nitrogen and oxygen atoms in total. The number of allylic oxidation sites excluding steroid dienone is 2. The second kappa shape index (κ2) is 5.50. The number of carboxylic acids is 1. The number of carbonyl (C=O) groups is 2. The molecule has 0 saturated heterocycles. The minimum atomic E-state index is -5.00. The first-order valence-electron chi connectivity index (χ1n) is 4.08. The molecule has 0 unspecified atom stereocenters. The van der Waals surface area contributed by atoms with E-state index in [-0.39, 0.29) is 11.8 Å². The van der Waals surface area contributed by atoms with Crippen LogP contribution in [0.3, 0.4) is 0 Å². The van der Waals surface area contributed by atoms with Crippen LogP contribution in [-0.2, 0) is 9.59 Å². The first kappa shape index (κ1) is 14.4. The molecule has 16 heavy (non-hydrogen) atoms. The maximum absolute atomic E-state index is 11.8. The number of hydrogen-bond donors (Lipinski definition) is 3. The normalized spacial score (nSPS) is 14.4. The van der Waals surface area contributed by atoms with Gasteiger partial charge in [0.1, 0.15) is 6.04 Å². The summed E-state index contributed by atoms with van der Waals surface area (Å²) in [5.41, 5.74) is -0.288. The van der Waals surface area contributed by atoms with Gasteiger partial charge in [-0.05, 0) is 6.92 Å². The molecule has 0 fully saturated rings. The number of alkyl halides is 3. The largest absolute Gasteiger partial charge is 0.480 e. The predicted molar refractivity (Wildman–Crippen MR) is 46.5 cm³/mol. The zero-order valence-corrected chi connectivity index (χ0v) is 8.21. The fourth-order valence-corrected chi connectivity index (χ4v) is 0.780. The van der Waals surface area contributed by atoms with Crippen LogP contribution in [0.2, 0.25) is 0 Å². The summed E-state index contributed by atoms with van der Waals surface area (Å²) in [7, 11) is 0. The molecule has 0 bridgehead atoms. The van der Waals surface area contributed by atoms with Crippen LogP contribution in [0.4, 0.5) is 13.2 Å². The molecule has 3 N–H and O–H groups in total. The Labute approximate surface area is 88.6 Å². The van der Waals surface area contributed by atoms with Crippen LogP contribution < -0.4 is 5.32 Å². The van der Waals surface area contributed by atoms with Crippen LogP contribution >= 0.6 is 0 Å². The molecule has 0 aromatic heterocycles. The quantitative estimate of drug-likeness (QED) is 0.592. The topological polar surface area (TPSA) is 86.6 Å². The second-order valence-electron chi connectivity index (χ2n) is 2.91. The van der Waals surface area contributed by atoms with E-state index in [0.717, 1.165) is 6.92 Å². The van der Waals surface area contributed by atoms with Crippen molar-refractivity contribution in [2.75, 3.05) is 6.61 Å². The van der Waals surface area contributed by atoms with Gasteiger partial charge in [-0.3, -0.25) is 4.79 Å². The third-order valence-corrected chi connectivity index (χ3v) is 1.51. The van der Waals surface area contributed by atoms with Crippen molar-refractivity contribution in [3.63, 3.8) is 0 Å². The molecule has 0 rings (SSSR count). The van der Waals surface area contributed by atoms with E-state index in [9.17, 15) is 22.8 Å². The van der Waals surface area contributed by atoms with Gasteiger partial charge < -0.3 is 15.5 Å². The van der Waals surface area contributed by atoms with E-state index in [4.69, 9.17) is 10.2 Å². The highest BCUT2D eigenvalue weighted by Gasteiger charge is 2.36. The highest BCUT2D eigenvalue weighted by Crippen LogP contribution is 2.16. The van der Waals surface area contributed by atoms with Gasteiger partial charge in [-0.1, -0.05) is 0 Å². The van der Waals surface area contributed by atoms with Crippen molar-refractivity contribution in [1.82, 2.24) is 5.32 Å². The number of rotatable bonds is 5. The van der Waals surface area contributed by atoms with Crippen molar-refractivity contribution < 1.29 is 33.0 Å². The molecule has 0 heterocycles. The number of halogens is 3. The van der Waals surface area contributed by atoms with E-state index in [1.807, 2.05) is 0 Å². The van der Waals surface area contributed by atoms with Crippen LogP contribution in [0.15, 0.2) is 11.8 Å². The summed E-state index contributed by atoms with van der Waals surface area (Å²) in [5.74, 6) is -3.53. The summed E-state index contributed by atoms with van der Waals surface area (Å²) < 4.78 is 35.4. The Bertz CT molecular complexity index is 311. The zero-order chi connectivity index (χ0) is 12.9. The fraction of sp³-hybridized carbons (Fsp3) is 0.500. The number of ketones is 1. The van der Waals surface area contributed by atoms with Gasteiger partial charge >= 0.3 is 12.1 Å². The van der Waals surface area contributed by atoms with Gasteiger partial charge in [0.25, 0.3) is 5.78 Å². The molecule has 8 heteroatoms. The number of aliphatic hydroxyl groups excluding tert-OH is 1. The molecule has 0 aliphatic carbocycles. The molecule has 1 atom stereocenters. The van der Waals surface area contributed by atoms with Crippen molar-refractivity contribution in [2.45, 2.75) is 19.1 Å². The van der Waals surface area contributed by atoms with Crippen LogP contribution in [0, 0.1) is 0 Å². The molecule has 92 valence electrons. The molecule has 0 aromatic carbocycles. The number of carboxylic acid groups (broad SMARTS) is 1. The van der Waals surface area contributed by atoms with Gasteiger partial charge in [0.05, 0.1) is 6.61 Å². The monoisotopic (exact) mass is 241 g/mol. The molecule has 0 aliphatic heterocycles. The van der Waals surface area contributed by atoms with Crippen molar-refractivity contribution in [3.05, 3.63) is 11.8 Å². The van der Waals surface area contributed by atoms with E-state index >= 15 is 0 Å². The average molecular weight is 241 g/mol. The van der Waals surface area contributed by atoms with Crippen molar-refractivity contribution >= 4 is 11.8 Å². The minimum Gasteiger partial charge on any atom is -0.480 e. The summed E-state index contributed by atoms with van der Waals surface area (Å²) in [5, 5.41) is 19.1. The average Bonchev–Trinajstić information content (AvgIpc) is 2.11. The summed E-state index contributed by atoms with van der Waals surface area (Å²) in [4.78, 5) is 20.9. The van der Waals surface area contributed by atoms with E-state index in [1.165, 1.54) is 0 Å². The smallest absolute Gasteiger partial charge is 0.454 e. The molecule has 0 aromatic rings. The number of carbonyl (C=O) groups excluding carboxylic acids is 1. The zero-order valence-electron chi connectivity index (χ0n) is 8.21. The Morgan fingerprint density at radius 3 is 2.25 bits per heavy atom. The molecule has 0 spiro atoms. The van der Waals surface area contributed by atoms with Crippen molar-refractivity contribution in [1.29, 1.82) is 0 Å². The third kappa shape index (κ3) is 4.78. The Morgan fingerprint density at radius 1 is 1.44 bits per heavy atom. The fourth-order valence-electron chi connectivity index (χ4n) is 0.780. The molecule has 0 amide bonds. The third-order valence-electron chi connectivity index (χ3n) is 1.51. The Kier molecular flexibility index (Phi) is 4.96. The van der Waals surface area contributed by atoms with Gasteiger partial charge in [0.15, 0.2) is 0 Å². The van der Waals surface area contributed by atoms with E-state index in [0.29, 0.717) is 0 Å². The first-order chi connectivity index (χ1) is 7.18. The summed E-state index contributed by atoms with van der Waals surface area (Å²) in [6, 6.07) is -1.45. The van der Waals surface area contributed by atoms with Crippen LogP contribution in [0.1, 0.15) is 6.92 Å². The van der Waals surface area contributed by atoms with E-state index in [1.54, 1.807) is 0 Å². The lowest BCUT2D eigenvalue weighted by molar-refractivity contribution is -0.165. The lowest BCUT2D eigenvalue weighted by Crippen LogP contribution is -2.39. The van der Waals surface area contributed by atoms with Gasteiger partial charge in [0, 0.05) is 11.8 Å². The maximum atomic E-state index is 11.8. The van der Waals surface area contributed by atoms with Gasteiger partial charge in [-0.25, -0.2) is 4.79 Å². The number of hydrogen-bond acceptors (Lipinski definition) is 4. The second-order valence-corrected chi connectivity index (χ2v) is 2.91. The van der Waals surface area contributed by atoms with Gasteiger partial charge in [-0.15, -0.1) is 0 Å². The first-order valence-corrected chi connectivity index (χ1v) is 4.08. The number of nitrogens with one attached hydrogen (secondary N) is 1. The van der Waals surface area contributed by atoms with E-state index in [2.05, 4.69) is 5.32 Å². The minimum absolute atomic E-state index is 0.228. The lowest BCUT2D eigenvalue weighted by atomic mass is 10.2. The standard InChI is InChI=1S/C8H10F3NO4/c1-4(2-6(14)8(9,10)11)12-5(3-13)7(15)16/h2,5,12-13H,3H2,1H3,(H,15,16)/b4-2-/t5-/m0/s1. The SMILES string of the molecule is C/C(=C/C(=O)C(F)(F)F)N[C@@H](CO)C(=O)O. The summed E-state index contributed by atoms with van der Waals surface area (Å²) in [6.45, 7) is 0.288. The molecular weight excluding hydrogens is 231 g/mol. The number of aliphatic carboxylic acids is 1. The van der Waals surface area contributed by atoms with Crippen molar-refractivity contribution in [2.24, 2.45) is 0 Å². The predicted octanol–water partition coefficient (Wildman–Crippen LogP) is 0.0567. The lowest BCUT2D eigenvalue weighted by Gasteiger charge is -2.13. The molecular formula is C8H10F3NO4. The van der Waals surface area contributed by atoms with Gasteiger partial charge in [0.2, 0.25) is 0 Å². The van der Waals surface area contributed by atoms with Crippen LogP contribution in [-0.4, -0.2) is 40.8 Å². The Hall–Kier alpha value is -1.57. The molecule has 0 radical (unpaired) electrons. The number of aliphatic hydroxyl groups is 1. The van der Waals surface area contributed by atoms with Gasteiger partial charge in [-0.2, -0.15) is 13.2 Å². The molecule has 0 aliphatic rings. The summed E-state index contributed by atoms with van der Waals surface area (Å²) >= 11 is 0. The van der Waals surface area contributed by atoms with Crippen molar-refractivity contribution in [3.8, 4) is 0 Å². The molecule has 0 saturated carbocycles.